The largest absolute Gasteiger partial charge is 0.295 e. The number of amidine groups is 1. The third-order valence-corrected chi connectivity index (χ3v) is 4.51. The summed E-state index contributed by atoms with van der Waals surface area (Å²) >= 11 is 1.78. The van der Waals surface area contributed by atoms with E-state index >= 15 is 0 Å². The molecule has 2 aliphatic heterocycles. The fourth-order valence-electron chi connectivity index (χ4n) is 2.17. The zero-order chi connectivity index (χ0) is 16.8. The van der Waals surface area contributed by atoms with Crippen LogP contribution in [0.4, 0.5) is 0 Å². The van der Waals surface area contributed by atoms with Crippen molar-refractivity contribution in [3.63, 3.8) is 0 Å². The van der Waals surface area contributed by atoms with Gasteiger partial charge in [0.2, 0.25) is 0 Å². The minimum Gasteiger partial charge on any atom is -0.295 e. The van der Waals surface area contributed by atoms with Crippen LogP contribution in [0.5, 0.6) is 0 Å². The molecular weight excluding hydrogens is 288 g/mol. The molecule has 0 fully saturated rings. The van der Waals surface area contributed by atoms with Crippen molar-refractivity contribution in [2.45, 2.75) is 54.9 Å². The van der Waals surface area contributed by atoms with E-state index in [1.165, 1.54) is 16.2 Å². The summed E-state index contributed by atoms with van der Waals surface area (Å²) in [6.07, 6.45) is 12.3. The Labute approximate surface area is 140 Å². The van der Waals surface area contributed by atoms with Crippen LogP contribution < -0.4 is 0 Å². The molecule has 1 aliphatic carbocycles. The molecule has 0 aromatic rings. The molecule has 0 aromatic heterocycles. The molecule has 0 amide bonds. The third kappa shape index (κ3) is 4.16. The van der Waals surface area contributed by atoms with Gasteiger partial charge in [-0.15, -0.1) is 0 Å². The van der Waals surface area contributed by atoms with E-state index in [9.17, 15) is 0 Å². The highest BCUT2D eigenvalue weighted by Gasteiger charge is 2.29. The fourth-order valence-corrected chi connectivity index (χ4v) is 3.15. The van der Waals surface area contributed by atoms with Crippen molar-refractivity contribution in [2.24, 2.45) is 10.4 Å². The van der Waals surface area contributed by atoms with Gasteiger partial charge in [0.15, 0.2) is 5.17 Å². The normalized spacial score (nSPS) is 20.6. The highest BCUT2D eigenvalue weighted by atomic mass is 32.2. The van der Waals surface area contributed by atoms with Crippen LogP contribution in [0.2, 0.25) is 0 Å². The number of rotatable bonds is 1. The van der Waals surface area contributed by atoms with Crippen molar-refractivity contribution >= 4 is 16.9 Å². The van der Waals surface area contributed by atoms with Gasteiger partial charge in [-0.25, -0.2) is 0 Å². The van der Waals surface area contributed by atoms with Crippen LogP contribution in [0.3, 0.4) is 0 Å². The fraction of sp³-hybridized carbons (Fsp3) is 0.526. The molecule has 0 atom stereocenters. The summed E-state index contributed by atoms with van der Waals surface area (Å²) in [5.74, 6) is 0. The zero-order valence-electron chi connectivity index (χ0n) is 15.1. The van der Waals surface area contributed by atoms with Crippen LogP contribution >= 0.6 is 11.8 Å². The molecule has 122 valence electrons. The molecule has 22 heavy (non-hydrogen) atoms. The summed E-state index contributed by atoms with van der Waals surface area (Å²) in [5, 5.41) is 1.12. The zero-order valence-corrected chi connectivity index (χ0v) is 15.9. The Balaban J connectivity index is 0.000000561. The lowest BCUT2D eigenvalue weighted by Crippen LogP contribution is -2.22. The average molecular weight is 319 g/mol. The van der Waals surface area contributed by atoms with Crippen LogP contribution in [0, 0.1) is 5.41 Å². The molecule has 3 rings (SSSR count). The van der Waals surface area contributed by atoms with Crippen LogP contribution in [0.15, 0.2) is 51.7 Å². The lowest BCUT2D eigenvalue weighted by molar-refractivity contribution is 0.623. The Kier molecular flexibility index (Phi) is 7.21. The maximum absolute atomic E-state index is 4.66. The standard InChI is InChI=1S/C15H18N2S.2C2H6/c1-4-11-9-16-14-17(10-11)12-5-7-15(2,3)8-6-13(12)18-14;2*1-2/h5-8,10H,4,9H2,1-3H3;2*1-2H3. The minimum atomic E-state index is 0.134. The number of nitrogens with zero attached hydrogens (tertiary/aromatic N) is 2. The van der Waals surface area contributed by atoms with E-state index in [-0.39, 0.29) is 5.41 Å². The average Bonchev–Trinajstić information content (AvgIpc) is 2.84. The van der Waals surface area contributed by atoms with Gasteiger partial charge in [-0.05, 0) is 35.9 Å². The summed E-state index contributed by atoms with van der Waals surface area (Å²) in [6.45, 7) is 15.5. The van der Waals surface area contributed by atoms with Crippen molar-refractivity contribution in [3.05, 3.63) is 46.7 Å². The second kappa shape index (κ2) is 8.42. The predicted molar refractivity (Wildman–Crippen MR) is 102 cm³/mol. The molecule has 3 heteroatoms. The first-order valence-electron chi connectivity index (χ1n) is 8.43. The first kappa shape index (κ1) is 18.8. The smallest absolute Gasteiger partial charge is 0.173 e. The maximum atomic E-state index is 4.66. The Morgan fingerprint density at radius 2 is 1.77 bits per heavy atom. The van der Waals surface area contributed by atoms with Crippen molar-refractivity contribution in [3.8, 4) is 0 Å². The van der Waals surface area contributed by atoms with Crippen LogP contribution in [0.25, 0.3) is 0 Å². The van der Waals surface area contributed by atoms with Crippen molar-refractivity contribution in [2.75, 3.05) is 6.54 Å². The molecule has 0 spiro atoms. The second-order valence-corrected chi connectivity index (χ2v) is 6.46. The topological polar surface area (TPSA) is 15.6 Å². The van der Waals surface area contributed by atoms with Gasteiger partial charge in [0.05, 0.1) is 12.2 Å². The molecule has 0 saturated heterocycles. The Morgan fingerprint density at radius 1 is 1.14 bits per heavy atom. The Bertz CT molecular complexity index is 534. The van der Waals surface area contributed by atoms with E-state index < -0.39 is 0 Å². The molecule has 0 saturated carbocycles. The molecule has 0 unspecified atom stereocenters. The number of allylic oxidation sites excluding steroid dienone is 4. The van der Waals surface area contributed by atoms with Gasteiger partial charge in [-0.3, -0.25) is 9.89 Å². The van der Waals surface area contributed by atoms with Crippen molar-refractivity contribution in [1.82, 2.24) is 4.90 Å². The molecule has 2 heterocycles. The van der Waals surface area contributed by atoms with E-state index in [0.717, 1.165) is 18.1 Å². The molecule has 0 bridgehead atoms. The van der Waals surface area contributed by atoms with E-state index in [1.807, 2.05) is 27.7 Å². The third-order valence-electron chi connectivity index (χ3n) is 3.44. The molecule has 0 N–H and O–H groups in total. The first-order chi connectivity index (χ1) is 10.6. The summed E-state index contributed by atoms with van der Waals surface area (Å²) in [5.41, 5.74) is 2.80. The predicted octanol–water partition coefficient (Wildman–Crippen LogP) is 6.11. The molecule has 3 aliphatic rings. The summed E-state index contributed by atoms with van der Waals surface area (Å²) in [4.78, 5) is 8.21. The van der Waals surface area contributed by atoms with Gasteiger partial charge >= 0.3 is 0 Å². The van der Waals surface area contributed by atoms with Gasteiger partial charge in [-0.2, -0.15) is 0 Å². The second-order valence-electron chi connectivity index (χ2n) is 5.45. The number of hydrogen-bond donors (Lipinski definition) is 0. The number of thioether (sulfide) groups is 1. The molecule has 0 radical (unpaired) electrons. The van der Waals surface area contributed by atoms with Gasteiger partial charge in [0.25, 0.3) is 0 Å². The lowest BCUT2D eigenvalue weighted by Gasteiger charge is -2.22. The summed E-state index contributed by atoms with van der Waals surface area (Å²) < 4.78 is 0. The number of aliphatic imine (C=N–C) groups is 1. The summed E-state index contributed by atoms with van der Waals surface area (Å²) in [7, 11) is 0. The SMILES string of the molecule is CC.CC.CCC1=CN2C(=NC1)SC1=C2C=CC(C)(C)C=C1. The van der Waals surface area contributed by atoms with E-state index in [4.69, 9.17) is 0 Å². The molecule has 0 aromatic carbocycles. The van der Waals surface area contributed by atoms with E-state index in [0.29, 0.717) is 0 Å². The monoisotopic (exact) mass is 318 g/mol. The van der Waals surface area contributed by atoms with Gasteiger partial charge in [0, 0.05) is 16.5 Å². The summed E-state index contributed by atoms with van der Waals surface area (Å²) in [6, 6.07) is 0. The Hall–Kier alpha value is -1.22. The van der Waals surface area contributed by atoms with Crippen LogP contribution in [0.1, 0.15) is 54.9 Å². The van der Waals surface area contributed by atoms with Crippen molar-refractivity contribution in [1.29, 1.82) is 0 Å². The Morgan fingerprint density at radius 3 is 2.41 bits per heavy atom. The highest BCUT2D eigenvalue weighted by Crippen LogP contribution is 2.41. The highest BCUT2D eigenvalue weighted by molar-refractivity contribution is 8.17. The maximum Gasteiger partial charge on any atom is 0.173 e. The minimum absolute atomic E-state index is 0.134. The van der Waals surface area contributed by atoms with Gasteiger partial charge < -0.3 is 0 Å². The number of fused-ring (bicyclic) bond motifs is 2. The first-order valence-corrected chi connectivity index (χ1v) is 9.24. The van der Waals surface area contributed by atoms with E-state index in [1.54, 1.807) is 11.8 Å². The van der Waals surface area contributed by atoms with Crippen LogP contribution in [-0.2, 0) is 0 Å². The lowest BCUT2D eigenvalue weighted by atomic mass is 9.93. The quantitative estimate of drug-likeness (QED) is 0.579. The van der Waals surface area contributed by atoms with Gasteiger partial charge in [0.1, 0.15) is 0 Å². The van der Waals surface area contributed by atoms with Gasteiger partial charge in [-0.1, -0.05) is 60.6 Å². The van der Waals surface area contributed by atoms with Crippen molar-refractivity contribution < 1.29 is 0 Å². The van der Waals surface area contributed by atoms with E-state index in [2.05, 4.69) is 61.2 Å². The molecule has 2 nitrogen and oxygen atoms in total. The molecular formula is C19H30N2S. The van der Waals surface area contributed by atoms with Crippen LogP contribution in [-0.4, -0.2) is 16.6 Å². The number of hydrogen-bond acceptors (Lipinski definition) is 3.